The molecule has 11 rings (SSSR count). The lowest BCUT2D eigenvalue weighted by Crippen LogP contribution is -2.63. The largest absolute Gasteiger partial charge is 0.461 e. The van der Waals surface area contributed by atoms with Gasteiger partial charge in [-0.2, -0.15) is 0 Å². The van der Waals surface area contributed by atoms with E-state index in [4.69, 9.17) is 24.7 Å². The van der Waals surface area contributed by atoms with Crippen LogP contribution in [0.5, 0.6) is 0 Å². The molecule has 8 saturated heterocycles. The molecule has 13 heteroatoms. The van der Waals surface area contributed by atoms with E-state index in [1.807, 2.05) is 7.11 Å². The number of likely N-dealkylation sites (tertiary alicyclic amines) is 2. The first-order chi connectivity index (χ1) is 34.7. The number of hydrogen-bond donors (Lipinski definition) is 1. The lowest BCUT2D eigenvalue weighted by atomic mass is 9.83. The molecule has 0 aromatic heterocycles. The van der Waals surface area contributed by atoms with Crippen molar-refractivity contribution in [2.75, 3.05) is 92.8 Å². The first kappa shape index (κ1) is 59.0. The van der Waals surface area contributed by atoms with Crippen LogP contribution in [-0.4, -0.2) is 165 Å². The summed E-state index contributed by atoms with van der Waals surface area (Å²) in [6.07, 6.45) is 14.7. The van der Waals surface area contributed by atoms with E-state index in [1.54, 1.807) is 7.11 Å². The van der Waals surface area contributed by atoms with E-state index in [0.29, 0.717) is 30.7 Å². The number of esters is 2. The van der Waals surface area contributed by atoms with Crippen molar-refractivity contribution >= 4 is 28.9 Å². The van der Waals surface area contributed by atoms with Crippen LogP contribution in [-0.2, 0) is 48.2 Å². The van der Waals surface area contributed by atoms with Crippen molar-refractivity contribution in [3.63, 3.8) is 0 Å². The van der Waals surface area contributed by atoms with Gasteiger partial charge in [0.15, 0.2) is 6.10 Å². The summed E-state index contributed by atoms with van der Waals surface area (Å²) in [7, 11) is 3.62. The third kappa shape index (κ3) is 17.9. The van der Waals surface area contributed by atoms with Crippen LogP contribution in [0.15, 0.2) is 91.0 Å². The maximum absolute atomic E-state index is 12.9. The summed E-state index contributed by atoms with van der Waals surface area (Å²) in [5.41, 5.74) is 10.1. The molecule has 0 saturated carbocycles. The van der Waals surface area contributed by atoms with Crippen molar-refractivity contribution in [2.24, 2.45) is 17.6 Å². The lowest BCUT2D eigenvalue weighted by molar-refractivity contribution is -0.958. The monoisotopic (exact) mass is 1070 g/mol. The number of quaternary nitrogens is 1. The number of halogens is 1. The van der Waals surface area contributed by atoms with Gasteiger partial charge in [-0.3, -0.25) is 19.4 Å². The molecule has 12 nitrogen and oxygen atoms in total. The molecule has 0 radical (unpaired) electrons. The minimum Gasteiger partial charge on any atom is -0.461 e. The van der Waals surface area contributed by atoms with E-state index in [0.717, 1.165) is 128 Å². The third-order valence-corrected chi connectivity index (χ3v) is 17.1. The van der Waals surface area contributed by atoms with Gasteiger partial charge in [0.2, 0.25) is 0 Å². The first-order valence-electron chi connectivity index (χ1n) is 27.8. The maximum Gasteiger partial charge on any atom is 0.306 e. The van der Waals surface area contributed by atoms with Crippen LogP contribution in [0.2, 0.25) is 0 Å². The smallest absolute Gasteiger partial charge is 0.306 e. The Bertz CT molecular complexity index is 1970. The van der Waals surface area contributed by atoms with Crippen molar-refractivity contribution in [3.8, 4) is 0 Å². The summed E-state index contributed by atoms with van der Waals surface area (Å²) in [6.45, 7) is 15.8. The Morgan fingerprint density at radius 3 is 1.59 bits per heavy atom. The number of carbonyl (C=O) groups excluding carboxylic acids is 2. The van der Waals surface area contributed by atoms with E-state index in [1.165, 1.54) is 68.6 Å². The SMILES string of the molecule is Br.C.CO[C@H]1CN(CCCCCC(=O)O[C@H]2CN3CCC2CC3)CC[C@H]1N.CO[C@H]1CN(CCCCCC(=O)O[C@H]2C[N+]3(Cc4ccccc4)CCC2CC3)CC[C@H]1N(Cc1ccccc1)Cc1ccccc1. The second-order valence-corrected chi connectivity index (χ2v) is 22.1. The standard InChI is InChI=1S/C40H54N3O3.C19H35N3O3.CH4.BrH/c1-45-38-30-41(25-21-37(38)42(28-33-14-6-2-7-15-33)29-34-16-8-3-9-17-34)24-13-5-12-20-40(44)46-39-32-43(26-22-36(39)23-27-43)31-35-18-10-4-11-19-35;1-24-18-14-21(12-8-16(18)20)9-4-2-3-5-19(23)25-17-13-22-10-6-15(17)7-11-22;;/h2-4,6-11,14-19,36-39H,5,12-13,20-32H2,1H3;15-18H,2-14,20H2,1H3;1H4;1H/q+1;;;/t36?,37-,38+,39+,43?;16-,17+,18+;;/m11../s1. The zero-order chi connectivity index (χ0) is 49.3. The Labute approximate surface area is 450 Å². The molecular formula is C60H94BrN6O6+. The number of unbranched alkanes of at least 4 members (excludes halogenated alkanes) is 4. The number of methoxy groups -OCH3 is 2. The average molecular weight is 1080 g/mol. The molecule has 0 aliphatic carbocycles. The number of rotatable bonds is 23. The number of piperidine rings is 8. The molecule has 0 amide bonds. The van der Waals surface area contributed by atoms with Crippen LogP contribution >= 0.6 is 17.0 Å². The summed E-state index contributed by atoms with van der Waals surface area (Å²) >= 11 is 0. The van der Waals surface area contributed by atoms with Crippen molar-refractivity contribution in [1.29, 1.82) is 0 Å². The second kappa shape index (κ2) is 30.5. The fourth-order valence-electron chi connectivity index (χ4n) is 12.8. The van der Waals surface area contributed by atoms with Gasteiger partial charge >= 0.3 is 11.9 Å². The molecule has 8 aliphatic heterocycles. The molecular weight excluding hydrogens is 981 g/mol. The van der Waals surface area contributed by atoms with Gasteiger partial charge in [0.1, 0.15) is 19.2 Å². The molecule has 3 aromatic carbocycles. The summed E-state index contributed by atoms with van der Waals surface area (Å²) < 4.78 is 24.6. The molecule has 0 spiro atoms. The Morgan fingerprint density at radius 2 is 1.07 bits per heavy atom. The lowest BCUT2D eigenvalue weighted by Gasteiger charge is -2.52. The van der Waals surface area contributed by atoms with Crippen LogP contribution in [0.4, 0.5) is 0 Å². The van der Waals surface area contributed by atoms with Crippen LogP contribution in [0.1, 0.15) is 114 Å². The quantitative estimate of drug-likeness (QED) is 0.0558. The van der Waals surface area contributed by atoms with E-state index >= 15 is 0 Å². The average Bonchev–Trinajstić information content (AvgIpc) is 3.40. The summed E-state index contributed by atoms with van der Waals surface area (Å²) in [4.78, 5) is 35.0. The number of nitrogens with zero attached hydrogens (tertiary/aromatic N) is 5. The van der Waals surface area contributed by atoms with Crippen molar-refractivity contribution in [1.82, 2.24) is 19.6 Å². The first-order valence-corrected chi connectivity index (χ1v) is 27.8. The molecule has 73 heavy (non-hydrogen) atoms. The van der Waals surface area contributed by atoms with Gasteiger partial charge in [0.25, 0.3) is 0 Å². The van der Waals surface area contributed by atoms with Gasteiger partial charge in [-0.25, -0.2) is 0 Å². The van der Waals surface area contributed by atoms with Gasteiger partial charge in [-0.05, 0) is 108 Å². The second-order valence-electron chi connectivity index (χ2n) is 22.1. The highest BCUT2D eigenvalue weighted by atomic mass is 79.9. The normalized spacial score (nSPS) is 28.8. The maximum atomic E-state index is 12.9. The third-order valence-electron chi connectivity index (χ3n) is 17.1. The molecule has 406 valence electrons. The molecule has 2 N–H and O–H groups in total. The topological polar surface area (TPSA) is 110 Å². The van der Waals surface area contributed by atoms with Gasteiger partial charge < -0.3 is 39.0 Å². The van der Waals surface area contributed by atoms with E-state index < -0.39 is 0 Å². The number of fused-ring (bicyclic) bond motifs is 6. The van der Waals surface area contributed by atoms with Crippen LogP contribution in [0.25, 0.3) is 0 Å². The van der Waals surface area contributed by atoms with Crippen molar-refractivity contribution in [2.45, 2.75) is 153 Å². The fourth-order valence-corrected chi connectivity index (χ4v) is 12.8. The van der Waals surface area contributed by atoms with E-state index in [9.17, 15) is 9.59 Å². The van der Waals surface area contributed by atoms with E-state index in [2.05, 4.69) is 111 Å². The van der Waals surface area contributed by atoms with Crippen LogP contribution in [0.3, 0.4) is 0 Å². The van der Waals surface area contributed by atoms with Gasteiger partial charge in [0.05, 0.1) is 25.3 Å². The summed E-state index contributed by atoms with van der Waals surface area (Å²) in [5, 5.41) is 0. The Kier molecular flexibility index (Phi) is 24.6. The molecule has 8 fully saturated rings. The minimum absolute atomic E-state index is 0. The molecule has 8 heterocycles. The number of benzene rings is 3. The zero-order valence-corrected chi connectivity index (χ0v) is 45.7. The number of ether oxygens (including phenoxy) is 4. The predicted octanol–water partition coefficient (Wildman–Crippen LogP) is 9.14. The van der Waals surface area contributed by atoms with Crippen molar-refractivity contribution < 1.29 is 33.0 Å². The Hall–Kier alpha value is -3.24. The van der Waals surface area contributed by atoms with Crippen LogP contribution < -0.4 is 5.73 Å². The molecule has 4 bridgehead atoms. The number of hydrogen-bond acceptors (Lipinski definition) is 11. The number of carbonyl (C=O) groups is 2. The van der Waals surface area contributed by atoms with Gasteiger partial charge in [-0.1, -0.05) is 111 Å². The Balaban J connectivity index is 0.000000273. The van der Waals surface area contributed by atoms with Gasteiger partial charge in [0, 0.05) is 96.2 Å². The van der Waals surface area contributed by atoms with Crippen LogP contribution in [0, 0.1) is 11.8 Å². The molecule has 6 atom stereocenters. The fraction of sp³-hybridized carbons (Fsp3) is 0.667. The highest BCUT2D eigenvalue weighted by Crippen LogP contribution is 2.37. The Morgan fingerprint density at radius 1 is 0.575 bits per heavy atom. The zero-order valence-electron chi connectivity index (χ0n) is 44.0. The number of nitrogens with two attached hydrogens (primary N) is 1. The highest BCUT2D eigenvalue weighted by Gasteiger charge is 2.47. The summed E-state index contributed by atoms with van der Waals surface area (Å²) in [6, 6.07) is 33.0. The van der Waals surface area contributed by atoms with Crippen molar-refractivity contribution in [3.05, 3.63) is 108 Å². The molecule has 0 unspecified atom stereocenters. The minimum atomic E-state index is 0. The molecule has 8 aliphatic rings. The van der Waals surface area contributed by atoms with Gasteiger partial charge in [-0.15, -0.1) is 17.0 Å². The highest BCUT2D eigenvalue weighted by molar-refractivity contribution is 8.93. The molecule has 3 aromatic rings. The van der Waals surface area contributed by atoms with E-state index in [-0.39, 0.29) is 66.8 Å². The summed E-state index contributed by atoms with van der Waals surface area (Å²) in [5.74, 6) is 1.16. The predicted molar refractivity (Wildman–Crippen MR) is 298 cm³/mol.